The summed E-state index contributed by atoms with van der Waals surface area (Å²) >= 11 is 0. The van der Waals surface area contributed by atoms with Gasteiger partial charge in [0.1, 0.15) is 18.0 Å². The summed E-state index contributed by atoms with van der Waals surface area (Å²) in [4.78, 5) is 23.7. The zero-order valence-corrected chi connectivity index (χ0v) is 22.7. The van der Waals surface area contributed by atoms with Gasteiger partial charge < -0.3 is 25.0 Å². The maximum absolute atomic E-state index is 13.4. The molecule has 1 amide bonds. The Labute approximate surface area is 232 Å². The van der Waals surface area contributed by atoms with Crippen molar-refractivity contribution in [3.63, 3.8) is 0 Å². The fraction of sp³-hybridized carbons (Fsp3) is 0.379. The van der Waals surface area contributed by atoms with Crippen LogP contribution in [0.2, 0.25) is 0 Å². The van der Waals surface area contributed by atoms with Gasteiger partial charge in [-0.2, -0.15) is 5.10 Å². The zero-order valence-electron chi connectivity index (χ0n) is 22.7. The molecule has 0 aliphatic carbocycles. The lowest BCUT2D eigenvalue weighted by Crippen LogP contribution is -2.34. The van der Waals surface area contributed by atoms with Crippen LogP contribution in [0.5, 0.6) is 11.5 Å². The number of halogens is 1. The number of piperidine rings is 1. The number of rotatable bonds is 11. The lowest BCUT2D eigenvalue weighted by molar-refractivity contribution is -0.115. The van der Waals surface area contributed by atoms with E-state index < -0.39 is 5.82 Å². The Morgan fingerprint density at radius 1 is 1.15 bits per heavy atom. The average molecular weight is 548 g/mol. The predicted octanol–water partition coefficient (Wildman–Crippen LogP) is 4.93. The van der Waals surface area contributed by atoms with E-state index in [1.54, 1.807) is 19.2 Å². The molecular weight excluding hydrogens is 513 g/mol. The molecule has 210 valence electrons. The average Bonchev–Trinajstić information content (AvgIpc) is 3.38. The van der Waals surface area contributed by atoms with Crippen molar-refractivity contribution in [3.05, 3.63) is 60.3 Å². The van der Waals surface area contributed by atoms with E-state index in [4.69, 9.17) is 9.47 Å². The number of hydrogen-bond acceptors (Lipinski definition) is 8. The molecule has 1 saturated heterocycles. The molecule has 0 atom stereocenters. The van der Waals surface area contributed by atoms with E-state index in [1.807, 2.05) is 12.1 Å². The van der Waals surface area contributed by atoms with Gasteiger partial charge in [-0.1, -0.05) is 13.0 Å². The number of carbonyl (C=O) groups is 1. The van der Waals surface area contributed by atoms with Crippen LogP contribution in [0.4, 0.5) is 21.7 Å². The molecule has 0 saturated carbocycles. The molecule has 1 aliphatic rings. The third-order valence-corrected chi connectivity index (χ3v) is 7.01. The minimum absolute atomic E-state index is 0.0428. The molecule has 5 rings (SSSR count). The van der Waals surface area contributed by atoms with E-state index in [0.29, 0.717) is 46.6 Å². The van der Waals surface area contributed by atoms with E-state index in [0.717, 1.165) is 37.4 Å². The smallest absolute Gasteiger partial charge is 0.230 e. The number of likely N-dealkylation sites (tertiary alicyclic amines) is 1. The van der Waals surface area contributed by atoms with E-state index in [2.05, 4.69) is 42.6 Å². The van der Waals surface area contributed by atoms with Gasteiger partial charge in [0.2, 0.25) is 5.91 Å². The number of nitrogens with one attached hydrogen (secondary N) is 3. The van der Waals surface area contributed by atoms with E-state index in [9.17, 15) is 9.18 Å². The summed E-state index contributed by atoms with van der Waals surface area (Å²) in [7, 11) is 1.61. The van der Waals surface area contributed by atoms with Crippen LogP contribution in [0.1, 0.15) is 31.9 Å². The first-order chi connectivity index (χ1) is 19.5. The summed E-state index contributed by atoms with van der Waals surface area (Å²) < 4.78 is 25.1. The zero-order chi connectivity index (χ0) is 27.9. The standard InChI is InChI=1S/C29H34FN7O3/c1-19-7-10-37(11-8-19)9-4-12-40-26-17-24-23(16-25(26)39-2)29(32-18-31-24)34-27-14-22(35-36-27)15-28(38)33-21-6-3-5-20(30)13-21/h3,5-6,13-14,16-19H,4,7-12,15H2,1-2H3,(H,33,38)(H2,31,32,34,35,36). The van der Waals surface area contributed by atoms with Crippen molar-refractivity contribution in [1.82, 2.24) is 25.1 Å². The van der Waals surface area contributed by atoms with Crippen molar-refractivity contribution in [2.24, 2.45) is 5.92 Å². The molecule has 2 aromatic heterocycles. The van der Waals surface area contributed by atoms with Crippen LogP contribution >= 0.6 is 0 Å². The van der Waals surface area contributed by atoms with Gasteiger partial charge in [0.25, 0.3) is 0 Å². The number of ether oxygens (including phenoxy) is 2. The molecule has 2 aromatic carbocycles. The minimum Gasteiger partial charge on any atom is -0.493 e. The Hall–Kier alpha value is -4.25. The number of aromatic nitrogens is 4. The van der Waals surface area contributed by atoms with Crippen LogP contribution in [0.15, 0.2) is 48.8 Å². The maximum Gasteiger partial charge on any atom is 0.230 e. The van der Waals surface area contributed by atoms with E-state index >= 15 is 0 Å². The van der Waals surface area contributed by atoms with Crippen LogP contribution < -0.4 is 20.1 Å². The number of carbonyl (C=O) groups excluding carboxylic acids is 1. The van der Waals surface area contributed by atoms with Crippen molar-refractivity contribution < 1.29 is 18.7 Å². The molecule has 3 heterocycles. The van der Waals surface area contributed by atoms with Gasteiger partial charge in [-0.25, -0.2) is 14.4 Å². The SMILES string of the molecule is COc1cc2c(Nc3cc(CC(=O)Nc4cccc(F)c4)[nH]n3)ncnc2cc1OCCCN1CCC(C)CC1. The number of H-pyrrole nitrogens is 1. The summed E-state index contributed by atoms with van der Waals surface area (Å²) in [5.74, 6) is 2.37. The van der Waals surface area contributed by atoms with Crippen LogP contribution in [0.3, 0.4) is 0 Å². The highest BCUT2D eigenvalue weighted by atomic mass is 19.1. The fourth-order valence-electron chi connectivity index (χ4n) is 4.77. The van der Waals surface area contributed by atoms with Gasteiger partial charge in [-0.15, -0.1) is 0 Å². The highest BCUT2D eigenvalue weighted by Gasteiger charge is 2.16. The first-order valence-corrected chi connectivity index (χ1v) is 13.5. The molecule has 10 nitrogen and oxygen atoms in total. The lowest BCUT2D eigenvalue weighted by atomic mass is 9.99. The molecule has 1 fully saturated rings. The number of anilines is 3. The summed E-state index contributed by atoms with van der Waals surface area (Å²) in [5.41, 5.74) is 1.68. The van der Waals surface area contributed by atoms with Crippen molar-refractivity contribution >= 4 is 34.1 Å². The molecule has 0 radical (unpaired) electrons. The first-order valence-electron chi connectivity index (χ1n) is 13.5. The van der Waals surface area contributed by atoms with Crippen LogP contribution in [0, 0.1) is 11.7 Å². The van der Waals surface area contributed by atoms with E-state index in [-0.39, 0.29) is 12.3 Å². The summed E-state index contributed by atoms with van der Waals surface area (Å²) in [6.07, 6.45) is 4.98. The number of fused-ring (bicyclic) bond motifs is 1. The monoisotopic (exact) mass is 547 g/mol. The summed E-state index contributed by atoms with van der Waals surface area (Å²) in [5, 5.41) is 13.7. The predicted molar refractivity (Wildman–Crippen MR) is 152 cm³/mol. The van der Waals surface area contributed by atoms with Gasteiger partial charge >= 0.3 is 0 Å². The van der Waals surface area contributed by atoms with Gasteiger partial charge in [0.15, 0.2) is 17.3 Å². The second kappa shape index (κ2) is 12.7. The molecule has 0 unspecified atom stereocenters. The van der Waals surface area contributed by atoms with Gasteiger partial charge in [-0.05, 0) is 62.5 Å². The fourth-order valence-corrected chi connectivity index (χ4v) is 4.77. The van der Waals surface area contributed by atoms with Crippen molar-refractivity contribution in [1.29, 1.82) is 0 Å². The third kappa shape index (κ3) is 7.03. The van der Waals surface area contributed by atoms with Crippen molar-refractivity contribution in [2.75, 3.05) is 44.0 Å². The molecular formula is C29H34FN7O3. The Morgan fingerprint density at radius 3 is 2.80 bits per heavy atom. The number of nitrogens with zero attached hydrogens (tertiary/aromatic N) is 4. The largest absolute Gasteiger partial charge is 0.493 e. The second-order valence-electron chi connectivity index (χ2n) is 10.1. The van der Waals surface area contributed by atoms with Crippen LogP contribution in [-0.2, 0) is 11.2 Å². The number of aromatic amines is 1. The maximum atomic E-state index is 13.4. The number of hydrogen-bond donors (Lipinski definition) is 3. The summed E-state index contributed by atoms with van der Waals surface area (Å²) in [6, 6.07) is 11.2. The number of benzene rings is 2. The molecule has 11 heteroatoms. The summed E-state index contributed by atoms with van der Waals surface area (Å²) in [6.45, 7) is 6.26. The first kappa shape index (κ1) is 27.3. The normalized spacial score (nSPS) is 14.3. The number of amides is 1. The highest BCUT2D eigenvalue weighted by Crippen LogP contribution is 2.34. The Morgan fingerprint density at radius 2 is 2.00 bits per heavy atom. The minimum atomic E-state index is -0.416. The lowest BCUT2D eigenvalue weighted by Gasteiger charge is -2.30. The molecule has 3 N–H and O–H groups in total. The second-order valence-corrected chi connectivity index (χ2v) is 10.1. The topological polar surface area (TPSA) is 117 Å². The van der Waals surface area contributed by atoms with Crippen molar-refractivity contribution in [2.45, 2.75) is 32.6 Å². The van der Waals surface area contributed by atoms with E-state index in [1.165, 1.54) is 37.4 Å². The Balaban J connectivity index is 1.20. The quantitative estimate of drug-likeness (QED) is 0.227. The molecule has 1 aliphatic heterocycles. The van der Waals surface area contributed by atoms with Gasteiger partial charge in [-0.3, -0.25) is 9.89 Å². The van der Waals surface area contributed by atoms with Gasteiger partial charge in [0, 0.05) is 35.4 Å². The Bertz CT molecular complexity index is 1450. The third-order valence-electron chi connectivity index (χ3n) is 7.01. The molecule has 4 aromatic rings. The molecule has 40 heavy (non-hydrogen) atoms. The van der Waals surface area contributed by atoms with Crippen LogP contribution in [-0.4, -0.2) is 64.3 Å². The number of methoxy groups -OCH3 is 1. The Kier molecular flexibility index (Phi) is 8.70. The van der Waals surface area contributed by atoms with Crippen LogP contribution in [0.25, 0.3) is 10.9 Å². The molecule has 0 spiro atoms. The molecule has 0 bridgehead atoms. The van der Waals surface area contributed by atoms with Gasteiger partial charge in [0.05, 0.1) is 25.7 Å². The van der Waals surface area contributed by atoms with Crippen molar-refractivity contribution in [3.8, 4) is 11.5 Å². The highest BCUT2D eigenvalue weighted by molar-refractivity contribution is 5.93.